The summed E-state index contributed by atoms with van der Waals surface area (Å²) in [7, 11) is -3.71. The van der Waals surface area contributed by atoms with E-state index in [0.717, 1.165) is 22.9 Å². The number of ether oxygens (including phenoxy) is 4. The van der Waals surface area contributed by atoms with Crippen LogP contribution in [0.2, 0.25) is 30.7 Å². The fourth-order valence-corrected chi connectivity index (χ4v) is 6.96. The topological polar surface area (TPSA) is 130 Å². The Hall–Kier alpha value is -3.04. The number of benzene rings is 1. The Bertz CT molecular complexity index is 1800. The molecule has 0 saturated carbocycles. The molecule has 0 amide bonds. The molecule has 2 fully saturated rings. The van der Waals surface area contributed by atoms with Gasteiger partial charge in [-0.15, -0.1) is 0 Å². The van der Waals surface area contributed by atoms with E-state index >= 15 is 0 Å². The number of hydrogen-bond acceptors (Lipinski definition) is 9. The van der Waals surface area contributed by atoms with Gasteiger partial charge < -0.3 is 28.8 Å². The Morgan fingerprint density at radius 2 is 1.84 bits per heavy atom. The quantitative estimate of drug-likeness (QED) is 0.132. The van der Waals surface area contributed by atoms with Crippen LogP contribution < -0.4 is 9.46 Å². The molecule has 45 heavy (non-hydrogen) atoms. The molecular formula is C31H38ClN5O6SSi. The number of aromatic nitrogens is 4. The maximum atomic E-state index is 12.1. The molecule has 0 bridgehead atoms. The minimum Gasteiger partial charge on any atom is -0.456 e. The Labute approximate surface area is 269 Å². The number of fused-ring (bicyclic) bond motifs is 2. The predicted octanol–water partition coefficient (Wildman–Crippen LogP) is 4.71. The second-order valence-electron chi connectivity index (χ2n) is 12.8. The van der Waals surface area contributed by atoms with Crippen molar-refractivity contribution < 1.29 is 28.3 Å². The summed E-state index contributed by atoms with van der Waals surface area (Å²) in [6.07, 6.45) is 1.28. The number of anilines is 1. The lowest BCUT2D eigenvalue weighted by molar-refractivity contribution is 0.00336. The second kappa shape index (κ2) is 12.6. The minimum absolute atomic E-state index is 0.196. The van der Waals surface area contributed by atoms with Crippen LogP contribution in [0.1, 0.15) is 0 Å². The number of hydrogen-bond donors (Lipinski definition) is 2. The zero-order chi connectivity index (χ0) is 31.9. The molecule has 2 aliphatic rings. The number of rotatable bonds is 11. The maximum absolute atomic E-state index is 12.1. The van der Waals surface area contributed by atoms with Gasteiger partial charge in [0.25, 0.3) is 0 Å². The summed E-state index contributed by atoms with van der Waals surface area (Å²) in [6.45, 7) is 8.21. The Kier molecular flexibility index (Phi) is 8.96. The van der Waals surface area contributed by atoms with E-state index in [4.69, 9.17) is 40.5 Å². The van der Waals surface area contributed by atoms with E-state index < -0.39 is 36.1 Å². The zero-order valence-electron chi connectivity index (χ0n) is 25.7. The van der Waals surface area contributed by atoms with Gasteiger partial charge in [0, 0.05) is 53.7 Å². The van der Waals surface area contributed by atoms with Crippen molar-refractivity contribution in [2.75, 3.05) is 30.8 Å². The highest BCUT2D eigenvalue weighted by Gasteiger charge is 2.49. The van der Waals surface area contributed by atoms with E-state index in [1.807, 2.05) is 34.9 Å². The van der Waals surface area contributed by atoms with Crippen molar-refractivity contribution in [3.05, 3.63) is 53.7 Å². The average molecular weight is 672 g/mol. The predicted molar refractivity (Wildman–Crippen MR) is 180 cm³/mol. The van der Waals surface area contributed by atoms with Gasteiger partial charge in [0.05, 0.1) is 29.6 Å². The molecular weight excluding hydrogens is 634 g/mol. The molecule has 2 aliphatic heterocycles. The summed E-state index contributed by atoms with van der Waals surface area (Å²) in [4.78, 5) is 14.2. The van der Waals surface area contributed by atoms with E-state index in [9.17, 15) is 9.32 Å². The van der Waals surface area contributed by atoms with Gasteiger partial charge in [0.15, 0.2) is 11.8 Å². The second-order valence-corrected chi connectivity index (χ2v) is 21.0. The van der Waals surface area contributed by atoms with Gasteiger partial charge in [0.1, 0.15) is 30.6 Å². The third-order valence-corrected chi connectivity index (χ3v) is 10.3. The van der Waals surface area contributed by atoms with Crippen molar-refractivity contribution in [1.29, 1.82) is 0 Å². The molecule has 14 heteroatoms. The Balaban J connectivity index is 1.30. The van der Waals surface area contributed by atoms with Crippen LogP contribution in [0.5, 0.6) is 6.01 Å². The molecule has 4 aromatic rings. The summed E-state index contributed by atoms with van der Waals surface area (Å²) in [5.74, 6) is 3.66. The largest absolute Gasteiger partial charge is 0.456 e. The summed E-state index contributed by atoms with van der Waals surface area (Å²) >= 11 is 6.77. The van der Waals surface area contributed by atoms with E-state index in [1.165, 1.54) is 0 Å². The van der Waals surface area contributed by atoms with Gasteiger partial charge in [-0.1, -0.05) is 55.5 Å². The van der Waals surface area contributed by atoms with Crippen LogP contribution in [0.3, 0.4) is 0 Å². The lowest BCUT2D eigenvalue weighted by Crippen LogP contribution is -2.35. The summed E-state index contributed by atoms with van der Waals surface area (Å²) in [6, 6.07) is 14.4. The lowest BCUT2D eigenvalue weighted by atomic mass is 10.1. The molecule has 0 spiro atoms. The van der Waals surface area contributed by atoms with Crippen molar-refractivity contribution in [1.82, 2.24) is 19.5 Å². The maximum Gasteiger partial charge on any atom is 0.301 e. The van der Waals surface area contributed by atoms with Crippen LogP contribution in [0.15, 0.2) is 48.7 Å². The third-order valence-electron chi connectivity index (χ3n) is 7.64. The van der Waals surface area contributed by atoms with Gasteiger partial charge in [-0.3, -0.25) is 9.55 Å². The lowest BCUT2D eigenvalue weighted by Gasteiger charge is -2.19. The van der Waals surface area contributed by atoms with E-state index in [0.29, 0.717) is 40.2 Å². The number of aliphatic hydroxyl groups is 1. The summed E-state index contributed by atoms with van der Waals surface area (Å²) in [5.41, 5.74) is 4.80. The van der Waals surface area contributed by atoms with E-state index in [-0.39, 0.29) is 26.0 Å². The first-order chi connectivity index (χ1) is 21.3. The number of nitrogens with zero attached hydrogens (tertiary/aromatic N) is 4. The minimum atomic E-state index is -2.42. The van der Waals surface area contributed by atoms with Crippen molar-refractivity contribution in [2.45, 2.75) is 56.8 Å². The van der Waals surface area contributed by atoms with Crippen molar-refractivity contribution in [3.63, 3.8) is 0 Å². The van der Waals surface area contributed by atoms with Crippen LogP contribution >= 0.6 is 11.6 Å². The highest BCUT2D eigenvalue weighted by atomic mass is 35.5. The average Bonchev–Trinajstić information content (AvgIpc) is 3.64. The standard InChI is InChI=1S/C31H38ClN5O6SSi/c1-44(2,39)36-21-10-11-33-23(14-21)19-6-8-20(9-7-19)27-22(32)15-24-30(35-27)37(18-40-12-13-45(3,4)5)31(34-24)43-26-17-42-28-25(38)16-41-29(26)28/h6-11,14-15,25-26,28-29,38H,1,12-13,16-18H2,2-5H3,(H,33,36,39)/t25-,26-,28-,29-,44?/m1/s1. The fraction of sp³-hybridized carbons (Fsp3) is 0.419. The fourth-order valence-electron chi connectivity index (χ4n) is 5.33. The van der Waals surface area contributed by atoms with Crippen molar-refractivity contribution in [3.8, 4) is 28.5 Å². The normalized spacial score (nSPS) is 22.8. The molecule has 2 saturated heterocycles. The number of halogens is 1. The molecule has 2 N–H and O–H groups in total. The van der Waals surface area contributed by atoms with Crippen LogP contribution in [-0.2, 0) is 30.6 Å². The van der Waals surface area contributed by atoms with Crippen LogP contribution in [0, 0.1) is 0 Å². The van der Waals surface area contributed by atoms with Crippen molar-refractivity contribution >= 4 is 52.1 Å². The molecule has 0 aliphatic carbocycles. The molecule has 3 aromatic heterocycles. The van der Waals surface area contributed by atoms with Gasteiger partial charge in [-0.2, -0.15) is 4.98 Å². The summed E-state index contributed by atoms with van der Waals surface area (Å²) < 4.78 is 40.8. The Morgan fingerprint density at radius 1 is 1.11 bits per heavy atom. The number of pyridine rings is 2. The van der Waals surface area contributed by atoms with Crippen molar-refractivity contribution in [2.24, 2.45) is 0 Å². The molecule has 1 aromatic carbocycles. The number of aliphatic hydroxyl groups excluding tert-OH is 1. The smallest absolute Gasteiger partial charge is 0.301 e. The molecule has 6 rings (SSSR count). The molecule has 0 radical (unpaired) electrons. The molecule has 11 nitrogen and oxygen atoms in total. The molecule has 5 atom stereocenters. The number of nitrogens with one attached hydrogen (secondary N) is 1. The summed E-state index contributed by atoms with van der Waals surface area (Å²) in [5, 5.41) is 10.6. The number of imidazole rings is 1. The van der Waals surface area contributed by atoms with Gasteiger partial charge >= 0.3 is 6.01 Å². The highest BCUT2D eigenvalue weighted by Crippen LogP contribution is 2.34. The van der Waals surface area contributed by atoms with Crippen LogP contribution in [0.25, 0.3) is 33.7 Å². The third kappa shape index (κ3) is 7.35. The van der Waals surface area contributed by atoms with Gasteiger partial charge in [0.2, 0.25) is 0 Å². The highest BCUT2D eigenvalue weighted by molar-refractivity contribution is 8.00. The van der Waals surface area contributed by atoms with Crippen LogP contribution in [-0.4, -0.2) is 93.3 Å². The van der Waals surface area contributed by atoms with E-state index in [2.05, 4.69) is 35.2 Å². The SMILES string of the molecule is C=S(C)(=O)Nc1ccnc(-c2ccc(-c3nc4c(cc3Cl)nc(O[C@@H]3CO[C@H]5[C@@H]3OC[C@H]5O)n4COCC[Si](C)(C)C)cc2)c1. The Morgan fingerprint density at radius 3 is 2.58 bits per heavy atom. The molecule has 5 heterocycles. The first-order valence-corrected chi connectivity index (χ1v) is 21.0. The molecule has 240 valence electrons. The monoisotopic (exact) mass is 671 g/mol. The van der Waals surface area contributed by atoms with Gasteiger partial charge in [-0.25, -0.2) is 9.19 Å². The van der Waals surface area contributed by atoms with Crippen LogP contribution in [0.4, 0.5) is 5.69 Å². The zero-order valence-corrected chi connectivity index (χ0v) is 28.3. The first kappa shape index (κ1) is 31.9. The van der Waals surface area contributed by atoms with Gasteiger partial charge in [-0.05, 0) is 30.1 Å². The first-order valence-electron chi connectivity index (χ1n) is 14.7. The molecule has 1 unspecified atom stereocenters. The van der Waals surface area contributed by atoms with E-state index in [1.54, 1.807) is 24.6 Å².